The van der Waals surface area contributed by atoms with Gasteiger partial charge in [0, 0.05) is 11.6 Å². The Morgan fingerprint density at radius 3 is 2.73 bits per heavy atom. The molecule has 13 nitrogen and oxygen atoms in total. The highest BCUT2D eigenvalue weighted by Gasteiger charge is 2.56. The topological polar surface area (TPSA) is 184 Å². The van der Waals surface area contributed by atoms with Crippen LogP contribution in [-0.4, -0.2) is 62.8 Å². The summed E-state index contributed by atoms with van der Waals surface area (Å²) in [5, 5.41) is 26.1. The summed E-state index contributed by atoms with van der Waals surface area (Å²) in [5.41, 5.74) is 2.79. The Hall–Kier alpha value is -3.32. The molecule has 0 amide bonds. The number of anilines is 1. The van der Waals surface area contributed by atoms with E-state index in [9.17, 15) is 24.4 Å². The van der Waals surface area contributed by atoms with E-state index in [4.69, 9.17) is 24.3 Å². The molecule has 0 saturated carbocycles. The van der Waals surface area contributed by atoms with Crippen LogP contribution in [-0.2, 0) is 23.4 Å². The quantitative estimate of drug-likeness (QED) is 0.137. The zero-order valence-corrected chi connectivity index (χ0v) is 23.9. The van der Waals surface area contributed by atoms with Crippen molar-refractivity contribution in [3.8, 4) is 5.75 Å². The molecule has 0 spiro atoms. The molecule has 0 radical (unpaired) electrons. The number of nitrogens with two attached hydrogens (primary N) is 1. The van der Waals surface area contributed by atoms with Crippen molar-refractivity contribution in [1.29, 1.82) is 0 Å². The number of unbranched alkanes of at least 4 members (excludes halogenated alkanes) is 1. The molecule has 2 heterocycles. The second kappa shape index (κ2) is 12.7. The Morgan fingerprint density at radius 2 is 2.00 bits per heavy atom. The lowest BCUT2D eigenvalue weighted by Gasteiger charge is -2.29. The van der Waals surface area contributed by atoms with Crippen molar-refractivity contribution in [2.24, 2.45) is 0 Å². The summed E-state index contributed by atoms with van der Waals surface area (Å²) < 4.78 is 37.8. The number of ether oxygens (including phenoxy) is 2. The third kappa shape index (κ3) is 6.95. The van der Waals surface area contributed by atoms with Gasteiger partial charge in [-0.1, -0.05) is 49.7 Å². The third-order valence-corrected chi connectivity index (χ3v) is 8.31. The van der Waals surface area contributed by atoms with Crippen LogP contribution >= 0.6 is 7.75 Å². The molecule has 2 aromatic carbocycles. The van der Waals surface area contributed by atoms with Crippen molar-refractivity contribution in [2.45, 2.75) is 63.8 Å². The third-order valence-electron chi connectivity index (χ3n) is 6.71. The van der Waals surface area contributed by atoms with Crippen molar-refractivity contribution >= 4 is 30.3 Å². The summed E-state index contributed by atoms with van der Waals surface area (Å²) in [7, 11) is -4.34. The smallest absolute Gasteiger partial charge is 0.459 e. The number of aliphatic hydroxyl groups excluding tert-OH is 1. The van der Waals surface area contributed by atoms with Crippen molar-refractivity contribution in [2.75, 3.05) is 18.9 Å². The van der Waals surface area contributed by atoms with Crippen LogP contribution in [0.2, 0.25) is 0 Å². The highest BCUT2D eigenvalue weighted by Crippen LogP contribution is 2.49. The van der Waals surface area contributed by atoms with Crippen molar-refractivity contribution in [1.82, 2.24) is 14.6 Å². The molecule has 6 unspecified atom stereocenters. The fourth-order valence-corrected chi connectivity index (χ4v) is 5.96. The van der Waals surface area contributed by atoms with Gasteiger partial charge in [-0.3, -0.25) is 13.9 Å². The van der Waals surface area contributed by atoms with Gasteiger partial charge in [0.15, 0.2) is 6.23 Å². The van der Waals surface area contributed by atoms with Gasteiger partial charge in [0.2, 0.25) is 0 Å². The van der Waals surface area contributed by atoms with Crippen LogP contribution in [0.1, 0.15) is 39.8 Å². The summed E-state index contributed by atoms with van der Waals surface area (Å²) >= 11 is 0. The van der Waals surface area contributed by atoms with Gasteiger partial charge >= 0.3 is 19.4 Å². The van der Waals surface area contributed by atoms with Crippen LogP contribution < -0.4 is 21.0 Å². The van der Waals surface area contributed by atoms with Crippen LogP contribution in [0.3, 0.4) is 0 Å². The van der Waals surface area contributed by atoms with Crippen molar-refractivity contribution in [3.05, 3.63) is 65.2 Å². The highest BCUT2D eigenvalue weighted by atomic mass is 31.2. The van der Waals surface area contributed by atoms with E-state index in [0.717, 1.165) is 16.4 Å². The minimum atomic E-state index is -4.34. The Morgan fingerprint density at radius 1 is 1.27 bits per heavy atom. The second-order valence-electron chi connectivity index (χ2n) is 9.95. The average molecular weight is 591 g/mol. The Kier molecular flexibility index (Phi) is 9.48. The zero-order valence-electron chi connectivity index (χ0n) is 23.0. The lowest BCUT2D eigenvalue weighted by Crippen LogP contribution is -2.47. The molecule has 1 saturated heterocycles. The van der Waals surface area contributed by atoms with Crippen LogP contribution in [0.5, 0.6) is 5.75 Å². The van der Waals surface area contributed by atoms with Crippen LogP contribution in [0.15, 0.2) is 59.5 Å². The van der Waals surface area contributed by atoms with Gasteiger partial charge in [0.25, 0.3) is 0 Å². The number of nitrogen functional groups attached to an aromatic ring is 1. The predicted octanol–water partition coefficient (Wildman–Crippen LogP) is 2.51. The monoisotopic (exact) mass is 590 g/mol. The van der Waals surface area contributed by atoms with E-state index < -0.39 is 56.1 Å². The normalized spacial score (nSPS) is 24.6. The number of rotatable bonds is 12. The van der Waals surface area contributed by atoms with E-state index in [1.165, 1.54) is 26.1 Å². The molecule has 4 rings (SSSR count). The number of carbonyl (C=O) groups is 1. The molecule has 14 heteroatoms. The van der Waals surface area contributed by atoms with E-state index in [-0.39, 0.29) is 18.2 Å². The second-order valence-corrected chi connectivity index (χ2v) is 11.7. The first-order valence-corrected chi connectivity index (χ1v) is 14.8. The summed E-state index contributed by atoms with van der Waals surface area (Å²) in [6, 6.07) is 13.8. The van der Waals surface area contributed by atoms with E-state index in [1.807, 2.05) is 25.1 Å². The zero-order chi connectivity index (χ0) is 29.8. The minimum absolute atomic E-state index is 0.0245. The summed E-state index contributed by atoms with van der Waals surface area (Å²) in [6.07, 6.45) is -2.62. The number of nitrogens with one attached hydrogen (secondary N) is 1. The van der Waals surface area contributed by atoms with Crippen LogP contribution in [0, 0.1) is 0 Å². The van der Waals surface area contributed by atoms with E-state index in [1.54, 1.807) is 24.3 Å². The molecule has 1 aliphatic heterocycles. The average Bonchev–Trinajstić information content (AvgIpc) is 3.16. The molecule has 3 aromatic rings. The van der Waals surface area contributed by atoms with E-state index >= 15 is 0 Å². The van der Waals surface area contributed by atoms with Gasteiger partial charge in [-0.2, -0.15) is 4.98 Å². The number of nitrogens with zero attached hydrogens (tertiary/aromatic N) is 2. The van der Waals surface area contributed by atoms with Gasteiger partial charge in [-0.15, -0.1) is 0 Å². The Labute approximate surface area is 236 Å². The minimum Gasteiger partial charge on any atom is -0.465 e. The first-order chi connectivity index (χ1) is 19.4. The maximum absolute atomic E-state index is 14.1. The molecule has 0 bridgehead atoms. The lowest BCUT2D eigenvalue weighted by atomic mass is 9.94. The maximum atomic E-state index is 14.1. The fourth-order valence-electron chi connectivity index (χ4n) is 4.48. The van der Waals surface area contributed by atoms with E-state index in [0.29, 0.717) is 11.8 Å². The van der Waals surface area contributed by atoms with Gasteiger partial charge < -0.3 is 29.9 Å². The first kappa shape index (κ1) is 30.6. The molecule has 41 heavy (non-hydrogen) atoms. The van der Waals surface area contributed by atoms with Gasteiger partial charge in [-0.05, 0) is 37.8 Å². The molecule has 222 valence electrons. The van der Waals surface area contributed by atoms with Gasteiger partial charge in [0.05, 0.1) is 12.7 Å². The molecular weight excluding hydrogens is 555 g/mol. The predicted molar refractivity (Wildman–Crippen MR) is 150 cm³/mol. The van der Waals surface area contributed by atoms with Crippen LogP contribution in [0.25, 0.3) is 10.8 Å². The molecule has 1 aliphatic rings. The van der Waals surface area contributed by atoms with Crippen LogP contribution in [0.4, 0.5) is 5.82 Å². The van der Waals surface area contributed by atoms with Gasteiger partial charge in [-0.25, -0.2) is 14.4 Å². The maximum Gasteiger partial charge on any atom is 0.459 e. The number of hydrogen-bond acceptors (Lipinski definition) is 11. The largest absolute Gasteiger partial charge is 0.465 e. The summed E-state index contributed by atoms with van der Waals surface area (Å²) in [6.45, 7) is 4.42. The highest BCUT2D eigenvalue weighted by molar-refractivity contribution is 7.52. The lowest BCUT2D eigenvalue weighted by molar-refractivity contribution is -0.142. The molecule has 5 N–H and O–H groups in total. The molecular formula is C27H35N4O9P. The summed E-state index contributed by atoms with van der Waals surface area (Å²) in [5.74, 6) is -0.460. The molecule has 6 atom stereocenters. The molecule has 1 aromatic heterocycles. The first-order valence-electron chi connectivity index (χ1n) is 13.2. The number of fused-ring (bicyclic) bond motifs is 1. The number of hydrogen-bond donors (Lipinski definition) is 4. The fraction of sp³-hybridized carbons (Fsp3) is 0.444. The number of esters is 1. The van der Waals surface area contributed by atoms with Crippen molar-refractivity contribution in [3.63, 3.8) is 0 Å². The SMILES string of the molecule is CCCCOC(=O)CNP(=O)(Oc1cccc2ccccc12)OC(C)C1OC(n2ccc(N)nc2=O)C(C)(O)C1O. The standard InChI is InChI=1S/C27H35N4O9P/c1-4-5-15-37-22(32)16-29-41(36,40-20-12-8-10-18-9-6-7-11-19(18)20)39-17(2)23-24(33)27(3,35)25(38-23)31-14-13-21(28)30-26(31)34/h6-14,17,23-25,33,35H,4-5,15-16H2,1-3H3,(H,29,36)(H2,28,30,34). The molecule has 1 fully saturated rings. The Bertz CT molecular complexity index is 1480. The van der Waals surface area contributed by atoms with Crippen molar-refractivity contribution < 1.29 is 38.1 Å². The number of benzene rings is 2. The Balaban J connectivity index is 1.58. The summed E-state index contributed by atoms with van der Waals surface area (Å²) in [4.78, 5) is 28.4. The number of carbonyl (C=O) groups excluding carboxylic acids is 1. The van der Waals surface area contributed by atoms with Gasteiger partial charge in [0.1, 0.15) is 35.9 Å². The number of aromatic nitrogens is 2. The van der Waals surface area contributed by atoms with E-state index in [2.05, 4.69) is 10.1 Å². The molecule has 0 aliphatic carbocycles. The number of aliphatic hydroxyl groups is 2.